The maximum Gasteiger partial charge on any atom is 0.451 e. The Morgan fingerprint density at radius 2 is 1.31 bits per heavy atom. The van der Waals surface area contributed by atoms with Crippen LogP contribution in [0.4, 0.5) is 9.59 Å². The SMILES string of the molecule is O=C1NC(=O)[N+](CCO)(C2(n3c(=O)n(CCO)n(CCO)c3=O)CCCCC2)N1CCO. The second-order valence-corrected chi connectivity index (χ2v) is 7.94. The fourth-order valence-electron chi connectivity index (χ4n) is 5.24. The Morgan fingerprint density at radius 1 is 0.781 bits per heavy atom. The molecule has 1 aliphatic heterocycles. The minimum absolute atomic E-state index is 0.188. The van der Waals surface area contributed by atoms with Gasteiger partial charge in [0, 0.05) is 12.8 Å². The van der Waals surface area contributed by atoms with E-state index in [1.54, 1.807) is 0 Å². The molecule has 0 radical (unpaired) electrons. The second kappa shape index (κ2) is 9.54. The van der Waals surface area contributed by atoms with Crippen molar-refractivity contribution in [2.45, 2.75) is 50.9 Å². The minimum Gasteiger partial charge on any atom is -0.394 e. The molecule has 1 atom stereocenters. The van der Waals surface area contributed by atoms with Gasteiger partial charge >= 0.3 is 23.4 Å². The maximum atomic E-state index is 13.5. The molecule has 5 N–H and O–H groups in total. The first-order chi connectivity index (χ1) is 15.4. The predicted molar refractivity (Wildman–Crippen MR) is 108 cm³/mol. The molecule has 2 heterocycles. The molecular weight excluding hydrogens is 428 g/mol. The molecule has 4 amide bonds. The number of imide groups is 1. The lowest BCUT2D eigenvalue weighted by molar-refractivity contribution is -1.01. The molecule has 1 unspecified atom stereocenters. The van der Waals surface area contributed by atoms with Crippen molar-refractivity contribution in [3.63, 3.8) is 0 Å². The molecule has 1 aromatic heterocycles. The van der Waals surface area contributed by atoms with Gasteiger partial charge < -0.3 is 20.4 Å². The van der Waals surface area contributed by atoms with E-state index in [0.717, 1.165) is 25.4 Å². The van der Waals surface area contributed by atoms with Crippen molar-refractivity contribution in [2.24, 2.45) is 0 Å². The zero-order valence-corrected chi connectivity index (χ0v) is 17.9. The van der Waals surface area contributed by atoms with E-state index in [9.17, 15) is 39.6 Å². The number of rotatable bonds is 10. The third-order valence-corrected chi connectivity index (χ3v) is 6.43. The third-order valence-electron chi connectivity index (χ3n) is 6.43. The molecule has 2 aliphatic rings. The third kappa shape index (κ3) is 3.38. The number of quaternary nitrogens is 1. The van der Waals surface area contributed by atoms with Crippen LogP contribution in [0.15, 0.2) is 9.59 Å². The Hall–Kier alpha value is -2.52. The quantitative estimate of drug-likeness (QED) is 0.234. The number of hydrogen-bond acceptors (Lipinski definition) is 8. The summed E-state index contributed by atoms with van der Waals surface area (Å²) in [5.41, 5.74) is -3.12. The van der Waals surface area contributed by atoms with E-state index in [4.69, 9.17) is 0 Å². The van der Waals surface area contributed by atoms with Crippen molar-refractivity contribution < 1.29 is 34.6 Å². The normalized spacial score (nSPS) is 23.1. The van der Waals surface area contributed by atoms with Gasteiger partial charge in [-0.25, -0.2) is 33.9 Å². The highest BCUT2D eigenvalue weighted by Gasteiger charge is 2.68. The number of aliphatic hydroxyl groups excluding tert-OH is 4. The van der Waals surface area contributed by atoms with Gasteiger partial charge in [0.15, 0.2) is 0 Å². The smallest absolute Gasteiger partial charge is 0.394 e. The lowest BCUT2D eigenvalue weighted by atomic mass is 9.86. The van der Waals surface area contributed by atoms with Gasteiger partial charge in [0.05, 0.1) is 46.1 Å². The van der Waals surface area contributed by atoms with Gasteiger partial charge in [-0.05, 0) is 12.8 Å². The van der Waals surface area contributed by atoms with Gasteiger partial charge in [-0.15, -0.1) is 4.59 Å². The Labute approximate surface area is 183 Å². The zero-order valence-electron chi connectivity index (χ0n) is 17.9. The van der Waals surface area contributed by atoms with Crippen LogP contribution in [0.1, 0.15) is 32.1 Å². The fourth-order valence-corrected chi connectivity index (χ4v) is 5.24. The molecule has 0 aromatic carbocycles. The maximum absolute atomic E-state index is 13.5. The van der Waals surface area contributed by atoms with Crippen LogP contribution in [-0.4, -0.2) is 95.5 Å². The largest absolute Gasteiger partial charge is 0.451 e. The van der Waals surface area contributed by atoms with Crippen LogP contribution in [-0.2, 0) is 18.8 Å². The average molecular weight is 459 g/mol. The number of urea groups is 2. The van der Waals surface area contributed by atoms with Crippen molar-refractivity contribution in [1.29, 1.82) is 0 Å². The van der Waals surface area contributed by atoms with Crippen LogP contribution < -0.4 is 16.7 Å². The number of carbonyl (C=O) groups is 2. The summed E-state index contributed by atoms with van der Waals surface area (Å²) in [5.74, 6) is 0. The predicted octanol–water partition coefficient (Wildman–Crippen LogP) is -2.73. The highest BCUT2D eigenvalue weighted by Crippen LogP contribution is 2.45. The summed E-state index contributed by atoms with van der Waals surface area (Å²) in [5, 5.41) is 41.6. The number of nitrogens with zero attached hydrogens (tertiary/aromatic N) is 5. The molecule has 1 aromatic rings. The number of hydrogen-bond donors (Lipinski definition) is 5. The van der Waals surface area contributed by atoms with Crippen molar-refractivity contribution in [3.8, 4) is 0 Å². The van der Waals surface area contributed by atoms with Crippen molar-refractivity contribution in [2.75, 3.05) is 39.5 Å². The first kappa shape index (κ1) is 24.1. The van der Waals surface area contributed by atoms with Gasteiger partial charge in [0.1, 0.15) is 6.54 Å². The highest BCUT2D eigenvalue weighted by atomic mass is 16.3. The molecule has 32 heavy (non-hydrogen) atoms. The van der Waals surface area contributed by atoms with Gasteiger partial charge in [0.2, 0.25) is 5.66 Å². The van der Waals surface area contributed by atoms with Crippen LogP contribution in [0.3, 0.4) is 0 Å². The summed E-state index contributed by atoms with van der Waals surface area (Å²) >= 11 is 0. The van der Waals surface area contributed by atoms with Crippen LogP contribution in [0.25, 0.3) is 0 Å². The van der Waals surface area contributed by atoms with E-state index >= 15 is 0 Å². The second-order valence-electron chi connectivity index (χ2n) is 7.94. The number of β-amino-alcohol motifs (C(OH)–C–C–N with tert-alkyl or cyclic N) is 1. The molecule has 1 saturated heterocycles. The summed E-state index contributed by atoms with van der Waals surface area (Å²) in [4.78, 5) is 53.0. The van der Waals surface area contributed by atoms with Crippen LogP contribution in [0, 0.1) is 0 Å². The Balaban J connectivity index is 2.38. The summed E-state index contributed by atoms with van der Waals surface area (Å²) in [6.07, 6.45) is 2.27. The van der Waals surface area contributed by atoms with E-state index in [1.165, 1.54) is 0 Å². The van der Waals surface area contributed by atoms with E-state index in [0.29, 0.717) is 12.8 Å². The summed E-state index contributed by atoms with van der Waals surface area (Å²) in [6, 6.07) is -1.59. The molecule has 14 heteroatoms. The highest BCUT2D eigenvalue weighted by molar-refractivity contribution is 5.94. The number of amides is 4. The first-order valence-electron chi connectivity index (χ1n) is 10.7. The minimum atomic E-state index is -1.54. The number of nitrogens with one attached hydrogen (secondary N) is 1. The van der Waals surface area contributed by atoms with E-state index in [-0.39, 0.29) is 39.0 Å². The monoisotopic (exact) mass is 459 g/mol. The zero-order chi connectivity index (χ0) is 23.5. The van der Waals surface area contributed by atoms with Gasteiger partial charge in [-0.1, -0.05) is 6.42 Å². The Kier molecular flexibility index (Phi) is 7.19. The van der Waals surface area contributed by atoms with Gasteiger partial charge in [-0.2, -0.15) is 9.58 Å². The first-order valence-corrected chi connectivity index (χ1v) is 10.7. The summed E-state index contributed by atoms with van der Waals surface area (Å²) in [7, 11) is 0. The molecule has 0 bridgehead atoms. The van der Waals surface area contributed by atoms with Crippen LogP contribution >= 0.6 is 0 Å². The standard InChI is InChI=1S/C18H30N6O8/c25-10-6-20-16(31)23(17(32)21(20)7-11-26)18(4-2-1-3-5-18)24(9-13-28)15(30)19-14(29)22(24)8-12-27/h25-28H,1-13H2/p+1. The van der Waals surface area contributed by atoms with E-state index in [2.05, 4.69) is 5.32 Å². The fraction of sp³-hybridized carbons (Fsp3) is 0.778. The van der Waals surface area contributed by atoms with Crippen LogP contribution in [0.5, 0.6) is 0 Å². The molecule has 1 saturated carbocycles. The summed E-state index contributed by atoms with van der Waals surface area (Å²) in [6.45, 7) is -2.84. The number of aliphatic hydroxyl groups is 4. The molecule has 1 aliphatic carbocycles. The van der Waals surface area contributed by atoms with Crippen molar-refractivity contribution in [1.82, 2.24) is 24.3 Å². The number of aromatic nitrogens is 3. The molecule has 180 valence electrons. The van der Waals surface area contributed by atoms with Gasteiger partial charge in [-0.3, -0.25) is 0 Å². The van der Waals surface area contributed by atoms with Crippen molar-refractivity contribution >= 4 is 12.1 Å². The Bertz CT molecular complexity index is 924. The molecule has 2 fully saturated rings. The van der Waals surface area contributed by atoms with Gasteiger partial charge in [0.25, 0.3) is 0 Å². The van der Waals surface area contributed by atoms with Crippen molar-refractivity contribution in [3.05, 3.63) is 21.0 Å². The lowest BCUT2D eigenvalue weighted by Crippen LogP contribution is -2.75. The topological polar surface area (TPSA) is 179 Å². The lowest BCUT2D eigenvalue weighted by Gasteiger charge is -2.50. The molecule has 14 nitrogen and oxygen atoms in total. The average Bonchev–Trinajstić information content (AvgIpc) is 3.15. The number of carbonyl (C=O) groups excluding carboxylic acids is 2. The summed E-state index contributed by atoms with van der Waals surface area (Å²) < 4.78 is 2.11. The molecular formula is C18H31N6O8+. The van der Waals surface area contributed by atoms with E-state index < -0.39 is 60.1 Å². The molecule has 0 spiro atoms. The van der Waals surface area contributed by atoms with E-state index in [1.807, 2.05) is 0 Å². The Morgan fingerprint density at radius 3 is 1.78 bits per heavy atom. The van der Waals surface area contributed by atoms with Crippen LogP contribution in [0.2, 0.25) is 0 Å². The molecule has 3 rings (SSSR count).